The van der Waals surface area contributed by atoms with E-state index in [9.17, 15) is 9.59 Å². The third-order valence-electron chi connectivity index (χ3n) is 6.78. The van der Waals surface area contributed by atoms with Gasteiger partial charge in [0.1, 0.15) is 0 Å². The van der Waals surface area contributed by atoms with Crippen LogP contribution in [0.4, 0.5) is 4.79 Å². The second-order valence-electron chi connectivity index (χ2n) is 9.60. The fourth-order valence-electron chi connectivity index (χ4n) is 4.82. The quantitative estimate of drug-likeness (QED) is 0.889. The number of rotatable bonds is 3. The van der Waals surface area contributed by atoms with Gasteiger partial charge in [-0.1, -0.05) is 45.0 Å². The first-order valence-corrected chi connectivity index (χ1v) is 9.97. The number of nitrogens with one attached hydrogen (secondary N) is 1. The Kier molecular flexibility index (Phi) is 4.24. The van der Waals surface area contributed by atoms with E-state index in [-0.39, 0.29) is 28.7 Å². The highest BCUT2D eigenvalue weighted by Crippen LogP contribution is 2.59. The van der Waals surface area contributed by atoms with Crippen molar-refractivity contribution in [2.75, 3.05) is 20.2 Å². The molecule has 1 aromatic rings. The summed E-state index contributed by atoms with van der Waals surface area (Å²) in [4.78, 5) is 26.1. The Hall–Kier alpha value is -2.04. The number of hydrogen-bond acceptors (Lipinski definition) is 3. The molecule has 3 aliphatic rings. The van der Waals surface area contributed by atoms with Crippen LogP contribution in [-0.2, 0) is 20.4 Å². The van der Waals surface area contributed by atoms with Gasteiger partial charge in [0.05, 0.1) is 7.11 Å². The van der Waals surface area contributed by atoms with Crippen LogP contribution < -0.4 is 5.32 Å². The lowest BCUT2D eigenvalue weighted by Crippen LogP contribution is -2.50. The van der Waals surface area contributed by atoms with Gasteiger partial charge in [0, 0.05) is 30.5 Å². The molecule has 5 heteroatoms. The third kappa shape index (κ3) is 3.21. The van der Waals surface area contributed by atoms with E-state index < -0.39 is 6.09 Å². The molecule has 3 fully saturated rings. The van der Waals surface area contributed by atoms with Gasteiger partial charge < -0.3 is 15.0 Å². The summed E-state index contributed by atoms with van der Waals surface area (Å²) in [5.74, 6) is 0.909. The molecule has 0 radical (unpaired) electrons. The second kappa shape index (κ2) is 6.25. The molecule has 0 aromatic heterocycles. The largest absolute Gasteiger partial charge is 0.453 e. The number of piperidine rings is 1. The molecule has 2 aliphatic carbocycles. The van der Waals surface area contributed by atoms with E-state index in [2.05, 4.69) is 60.0 Å². The second-order valence-corrected chi connectivity index (χ2v) is 9.60. The minimum absolute atomic E-state index is 0.0463. The van der Waals surface area contributed by atoms with Crippen LogP contribution in [0.3, 0.4) is 0 Å². The lowest BCUT2D eigenvalue weighted by atomic mass is 9.79. The van der Waals surface area contributed by atoms with Crippen molar-refractivity contribution < 1.29 is 14.3 Å². The fraction of sp³-hybridized carbons (Fsp3) is 0.636. The number of nitrogens with zero attached hydrogens (tertiary/aromatic N) is 1. The molecule has 1 aromatic carbocycles. The average molecular weight is 370 g/mol. The van der Waals surface area contributed by atoms with Crippen molar-refractivity contribution >= 4 is 12.0 Å². The van der Waals surface area contributed by atoms with Gasteiger partial charge in [0.15, 0.2) is 0 Å². The number of carbonyl (C=O) groups excluding carboxylic acids is 2. The molecular formula is C22H30N2O3. The van der Waals surface area contributed by atoms with Crippen LogP contribution in [0.25, 0.3) is 0 Å². The van der Waals surface area contributed by atoms with Crippen molar-refractivity contribution in [3.05, 3.63) is 35.4 Å². The number of hydrogen-bond donors (Lipinski definition) is 1. The Morgan fingerprint density at radius 3 is 2.44 bits per heavy atom. The predicted molar refractivity (Wildman–Crippen MR) is 104 cm³/mol. The Morgan fingerprint density at radius 1 is 1.19 bits per heavy atom. The smallest absolute Gasteiger partial charge is 0.407 e. The van der Waals surface area contributed by atoms with Gasteiger partial charge in [-0.05, 0) is 41.7 Å². The number of methoxy groups -OCH3 is 1. The average Bonchev–Trinajstić information content (AvgIpc) is 3.17. The standard InChI is InChI=1S/C22H30N2O3/c1-21(2,3)15-5-7-16(8-6-15)22-11-17(22)12-24(13-22)19(25)14-9-18(10-14)23-20(26)27-4/h5-8,14,17-18H,9-13H2,1-4H3,(H,23,26). The van der Waals surface area contributed by atoms with Gasteiger partial charge in [-0.25, -0.2) is 4.79 Å². The molecule has 4 rings (SSSR count). The molecule has 2 amide bonds. The van der Waals surface area contributed by atoms with Crippen LogP contribution in [0, 0.1) is 11.8 Å². The number of ether oxygens (including phenoxy) is 1. The van der Waals surface area contributed by atoms with E-state index in [0.29, 0.717) is 5.92 Å². The summed E-state index contributed by atoms with van der Waals surface area (Å²) in [7, 11) is 1.36. The van der Waals surface area contributed by atoms with E-state index >= 15 is 0 Å². The van der Waals surface area contributed by atoms with Crippen molar-refractivity contribution in [2.24, 2.45) is 11.8 Å². The summed E-state index contributed by atoms with van der Waals surface area (Å²) in [6.45, 7) is 8.42. The topological polar surface area (TPSA) is 58.6 Å². The van der Waals surface area contributed by atoms with Gasteiger partial charge in [-0.2, -0.15) is 0 Å². The molecule has 5 nitrogen and oxygen atoms in total. The summed E-state index contributed by atoms with van der Waals surface area (Å²) in [6, 6.07) is 9.11. The molecule has 0 spiro atoms. The first-order chi connectivity index (χ1) is 12.7. The molecule has 1 N–H and O–H groups in total. The summed E-state index contributed by atoms with van der Waals surface area (Å²) in [6.07, 6.45) is 2.24. The Morgan fingerprint density at radius 2 is 1.85 bits per heavy atom. The van der Waals surface area contributed by atoms with Crippen molar-refractivity contribution in [2.45, 2.75) is 56.9 Å². The molecule has 2 saturated carbocycles. The zero-order valence-electron chi connectivity index (χ0n) is 16.7. The molecule has 0 bridgehead atoms. The van der Waals surface area contributed by atoms with E-state index in [1.165, 1.54) is 24.7 Å². The molecule has 2 unspecified atom stereocenters. The summed E-state index contributed by atoms with van der Waals surface area (Å²) < 4.78 is 4.62. The van der Waals surface area contributed by atoms with Gasteiger partial charge >= 0.3 is 6.09 Å². The first kappa shape index (κ1) is 18.3. The maximum Gasteiger partial charge on any atom is 0.407 e. The first-order valence-electron chi connectivity index (χ1n) is 9.97. The van der Waals surface area contributed by atoms with E-state index in [1.807, 2.05) is 0 Å². The zero-order valence-corrected chi connectivity index (χ0v) is 16.7. The highest BCUT2D eigenvalue weighted by atomic mass is 16.5. The Balaban J connectivity index is 1.35. The molecule has 1 aliphatic heterocycles. The van der Waals surface area contributed by atoms with Crippen molar-refractivity contribution in [1.82, 2.24) is 10.2 Å². The molecule has 1 saturated heterocycles. The van der Waals surface area contributed by atoms with Crippen molar-refractivity contribution in [3.63, 3.8) is 0 Å². The van der Waals surface area contributed by atoms with Crippen LogP contribution in [0.5, 0.6) is 0 Å². The molecule has 2 atom stereocenters. The number of likely N-dealkylation sites (tertiary alicyclic amines) is 1. The number of benzene rings is 1. The third-order valence-corrected chi connectivity index (χ3v) is 6.78. The lowest BCUT2D eigenvalue weighted by molar-refractivity contribution is -0.138. The van der Waals surface area contributed by atoms with Crippen molar-refractivity contribution in [3.8, 4) is 0 Å². The van der Waals surface area contributed by atoms with E-state index in [0.717, 1.165) is 25.9 Å². The number of carbonyl (C=O) groups is 2. The zero-order chi connectivity index (χ0) is 19.4. The van der Waals surface area contributed by atoms with Crippen molar-refractivity contribution in [1.29, 1.82) is 0 Å². The molecule has 146 valence electrons. The van der Waals surface area contributed by atoms with E-state index in [1.54, 1.807) is 0 Å². The molecular weight excluding hydrogens is 340 g/mol. The van der Waals surface area contributed by atoms with Crippen LogP contribution in [0.15, 0.2) is 24.3 Å². The molecule has 1 heterocycles. The van der Waals surface area contributed by atoms with Gasteiger partial charge in [0.2, 0.25) is 5.91 Å². The number of alkyl carbamates (subject to hydrolysis) is 1. The fourth-order valence-corrected chi connectivity index (χ4v) is 4.82. The number of fused-ring (bicyclic) bond motifs is 1. The van der Waals surface area contributed by atoms with Gasteiger partial charge in [-0.15, -0.1) is 0 Å². The van der Waals surface area contributed by atoms with Gasteiger partial charge in [-0.3, -0.25) is 4.79 Å². The number of amides is 2. The lowest BCUT2D eigenvalue weighted by Gasteiger charge is -2.37. The maximum atomic E-state index is 12.8. The van der Waals surface area contributed by atoms with E-state index in [4.69, 9.17) is 0 Å². The molecule has 27 heavy (non-hydrogen) atoms. The summed E-state index contributed by atoms with van der Waals surface area (Å²) in [5, 5.41) is 2.78. The Labute approximate surface area is 161 Å². The highest BCUT2D eigenvalue weighted by molar-refractivity contribution is 5.81. The summed E-state index contributed by atoms with van der Waals surface area (Å²) >= 11 is 0. The van der Waals surface area contributed by atoms with Crippen LogP contribution in [0.1, 0.15) is 51.2 Å². The minimum Gasteiger partial charge on any atom is -0.453 e. The maximum absolute atomic E-state index is 12.8. The minimum atomic E-state index is -0.411. The summed E-state index contributed by atoms with van der Waals surface area (Å²) in [5.41, 5.74) is 3.08. The predicted octanol–water partition coefficient (Wildman–Crippen LogP) is 3.22. The monoisotopic (exact) mass is 370 g/mol. The van der Waals surface area contributed by atoms with Crippen LogP contribution in [-0.4, -0.2) is 43.1 Å². The van der Waals surface area contributed by atoms with Gasteiger partial charge in [0.25, 0.3) is 0 Å². The van der Waals surface area contributed by atoms with Crippen LogP contribution in [0.2, 0.25) is 0 Å². The SMILES string of the molecule is COC(=O)NC1CC(C(=O)N2CC3CC3(c3ccc(C(C)(C)C)cc3)C2)C1. The van der Waals surface area contributed by atoms with Crippen LogP contribution >= 0.6 is 0 Å². The highest BCUT2D eigenvalue weighted by Gasteiger charge is 2.62. The normalized spacial score (nSPS) is 31.7. The Bertz CT molecular complexity index is 746.